The first-order chi connectivity index (χ1) is 12.7. The molecule has 26 heavy (non-hydrogen) atoms. The summed E-state index contributed by atoms with van der Waals surface area (Å²) in [4.78, 5) is 28.2. The normalized spacial score (nSPS) is 15.6. The molecule has 7 heteroatoms. The van der Waals surface area contributed by atoms with Gasteiger partial charge in [0.1, 0.15) is 11.5 Å². The quantitative estimate of drug-likeness (QED) is 0.706. The molecule has 1 aliphatic heterocycles. The Morgan fingerprint density at radius 3 is 2.81 bits per heavy atom. The van der Waals surface area contributed by atoms with E-state index in [9.17, 15) is 9.59 Å². The van der Waals surface area contributed by atoms with Gasteiger partial charge in [0.2, 0.25) is 0 Å². The first-order valence-electron chi connectivity index (χ1n) is 7.96. The van der Waals surface area contributed by atoms with E-state index in [0.29, 0.717) is 33.9 Å². The predicted molar refractivity (Wildman–Crippen MR) is 93.6 cm³/mol. The molecule has 0 bridgehead atoms. The highest BCUT2D eigenvalue weighted by Crippen LogP contribution is 2.31. The Kier molecular flexibility index (Phi) is 3.89. The maximum atomic E-state index is 12.2. The smallest absolute Gasteiger partial charge is 0.338 e. The first-order valence-corrected chi connectivity index (χ1v) is 7.96. The average molecular weight is 349 g/mol. The zero-order valence-corrected chi connectivity index (χ0v) is 13.9. The van der Waals surface area contributed by atoms with Crippen molar-refractivity contribution in [1.29, 1.82) is 0 Å². The molecule has 130 valence electrons. The van der Waals surface area contributed by atoms with Crippen LogP contribution in [0, 0.1) is 0 Å². The minimum Gasteiger partial charge on any atom is -0.465 e. The van der Waals surface area contributed by atoms with Crippen LogP contribution in [0.1, 0.15) is 32.6 Å². The van der Waals surface area contributed by atoms with Crippen LogP contribution in [-0.4, -0.2) is 24.0 Å². The van der Waals surface area contributed by atoms with Crippen LogP contribution in [-0.2, 0) is 4.74 Å². The number of hydrogen-bond donors (Lipinski definition) is 2. The van der Waals surface area contributed by atoms with Gasteiger partial charge in [0, 0.05) is 11.8 Å². The van der Waals surface area contributed by atoms with Crippen LogP contribution in [0.2, 0.25) is 0 Å². The van der Waals surface area contributed by atoms with Crippen molar-refractivity contribution in [2.24, 2.45) is 0 Å². The second-order valence-corrected chi connectivity index (χ2v) is 5.71. The topological polar surface area (TPSA) is 93.5 Å². The van der Waals surface area contributed by atoms with Crippen molar-refractivity contribution in [2.75, 3.05) is 12.4 Å². The number of nitrogens with zero attached hydrogens (tertiary/aromatic N) is 1. The van der Waals surface area contributed by atoms with E-state index < -0.39 is 12.1 Å². The number of fused-ring (bicyclic) bond motifs is 1. The maximum absolute atomic E-state index is 12.2. The molecule has 0 fully saturated rings. The van der Waals surface area contributed by atoms with Crippen molar-refractivity contribution in [3.8, 4) is 11.3 Å². The summed E-state index contributed by atoms with van der Waals surface area (Å²) in [6.45, 7) is 0. The number of nitrogens with one attached hydrogen (secondary N) is 2. The zero-order chi connectivity index (χ0) is 18.1. The van der Waals surface area contributed by atoms with Crippen LogP contribution in [0.15, 0.2) is 59.3 Å². The number of carbonyl (C=O) groups excluding carboxylic acids is 2. The van der Waals surface area contributed by atoms with E-state index in [2.05, 4.69) is 15.6 Å². The molecule has 3 aromatic rings. The van der Waals surface area contributed by atoms with Gasteiger partial charge in [-0.25, -0.2) is 4.79 Å². The van der Waals surface area contributed by atoms with Gasteiger partial charge < -0.3 is 19.8 Å². The molecule has 1 aliphatic rings. The number of amides is 1. The monoisotopic (exact) mass is 349 g/mol. The third kappa shape index (κ3) is 2.69. The lowest BCUT2D eigenvalue weighted by molar-refractivity contribution is 0.0601. The van der Waals surface area contributed by atoms with E-state index in [0.717, 1.165) is 0 Å². The van der Waals surface area contributed by atoms with Crippen molar-refractivity contribution in [3.63, 3.8) is 0 Å². The first kappa shape index (κ1) is 15.9. The van der Waals surface area contributed by atoms with Crippen molar-refractivity contribution in [2.45, 2.75) is 6.17 Å². The fourth-order valence-corrected chi connectivity index (χ4v) is 2.89. The summed E-state index contributed by atoms with van der Waals surface area (Å²) in [5.41, 5.74) is 2.19. The molecule has 3 heterocycles. The summed E-state index contributed by atoms with van der Waals surface area (Å²) >= 11 is 0. The van der Waals surface area contributed by atoms with Gasteiger partial charge >= 0.3 is 5.97 Å². The van der Waals surface area contributed by atoms with Gasteiger partial charge in [-0.3, -0.25) is 9.78 Å². The highest BCUT2D eigenvalue weighted by Gasteiger charge is 2.27. The number of anilines is 1. The SMILES string of the molecule is COC(=O)c1ccccc1-c1ccc(C2NC(=O)c3ccncc3N2)o1. The van der Waals surface area contributed by atoms with Crippen LogP contribution >= 0.6 is 0 Å². The summed E-state index contributed by atoms with van der Waals surface area (Å²) in [6, 6.07) is 12.2. The molecular formula is C19H15N3O4. The highest BCUT2D eigenvalue weighted by atomic mass is 16.5. The molecular weight excluding hydrogens is 334 g/mol. The summed E-state index contributed by atoms with van der Waals surface area (Å²) in [6.07, 6.45) is 2.63. The summed E-state index contributed by atoms with van der Waals surface area (Å²) in [5, 5.41) is 6.02. The number of esters is 1. The Morgan fingerprint density at radius 2 is 1.96 bits per heavy atom. The van der Waals surface area contributed by atoms with E-state index in [4.69, 9.17) is 9.15 Å². The van der Waals surface area contributed by atoms with E-state index >= 15 is 0 Å². The lowest BCUT2D eigenvalue weighted by Crippen LogP contribution is -2.38. The second-order valence-electron chi connectivity index (χ2n) is 5.71. The van der Waals surface area contributed by atoms with E-state index in [-0.39, 0.29) is 5.91 Å². The molecule has 1 atom stereocenters. The van der Waals surface area contributed by atoms with E-state index in [1.165, 1.54) is 7.11 Å². The molecule has 1 aromatic carbocycles. The molecule has 2 N–H and O–H groups in total. The largest absolute Gasteiger partial charge is 0.465 e. The summed E-state index contributed by atoms with van der Waals surface area (Å²) in [7, 11) is 1.33. The molecule has 0 saturated heterocycles. The second kappa shape index (κ2) is 6.36. The lowest BCUT2D eigenvalue weighted by Gasteiger charge is -2.25. The van der Waals surface area contributed by atoms with Crippen molar-refractivity contribution in [1.82, 2.24) is 10.3 Å². The average Bonchev–Trinajstić information content (AvgIpc) is 3.17. The van der Waals surface area contributed by atoms with Gasteiger partial charge in [-0.15, -0.1) is 0 Å². The number of hydrogen-bond acceptors (Lipinski definition) is 6. The maximum Gasteiger partial charge on any atom is 0.338 e. The molecule has 7 nitrogen and oxygen atoms in total. The standard InChI is InChI=1S/C19H15N3O4/c1-25-19(24)12-5-3-2-4-11(12)15-6-7-16(26-15)17-21-14-10-20-9-8-13(14)18(23)22-17/h2-10,17,21H,1H3,(H,22,23). The fraction of sp³-hybridized carbons (Fsp3) is 0.105. The Bertz CT molecular complexity index is 996. The molecule has 0 radical (unpaired) electrons. The van der Waals surface area contributed by atoms with Crippen LogP contribution in [0.25, 0.3) is 11.3 Å². The third-order valence-electron chi connectivity index (χ3n) is 4.15. The summed E-state index contributed by atoms with van der Waals surface area (Å²) < 4.78 is 10.7. The minimum absolute atomic E-state index is 0.209. The van der Waals surface area contributed by atoms with Gasteiger partial charge in [0.15, 0.2) is 6.17 Å². The van der Waals surface area contributed by atoms with E-state index in [1.54, 1.807) is 48.8 Å². The van der Waals surface area contributed by atoms with Gasteiger partial charge in [0.25, 0.3) is 5.91 Å². The molecule has 1 unspecified atom stereocenters. The lowest BCUT2D eigenvalue weighted by atomic mass is 10.1. The molecule has 0 spiro atoms. The van der Waals surface area contributed by atoms with Crippen molar-refractivity contribution < 1.29 is 18.7 Å². The number of aromatic nitrogens is 1. The third-order valence-corrected chi connectivity index (χ3v) is 4.15. The molecule has 0 saturated carbocycles. The van der Waals surface area contributed by atoms with Crippen molar-refractivity contribution >= 4 is 17.6 Å². The Hall–Kier alpha value is -3.61. The summed E-state index contributed by atoms with van der Waals surface area (Å²) in [5.74, 6) is 0.373. The van der Waals surface area contributed by atoms with Gasteiger partial charge in [-0.05, 0) is 24.3 Å². The Labute approximate surface area is 149 Å². The minimum atomic E-state index is -0.529. The number of methoxy groups -OCH3 is 1. The number of rotatable bonds is 3. The Balaban J connectivity index is 1.66. The molecule has 4 rings (SSSR count). The van der Waals surface area contributed by atoms with Crippen LogP contribution in [0.4, 0.5) is 5.69 Å². The van der Waals surface area contributed by atoms with Gasteiger partial charge in [0.05, 0.1) is 30.1 Å². The Morgan fingerprint density at radius 1 is 1.12 bits per heavy atom. The number of carbonyl (C=O) groups is 2. The van der Waals surface area contributed by atoms with Crippen LogP contribution in [0.3, 0.4) is 0 Å². The molecule has 1 amide bonds. The van der Waals surface area contributed by atoms with Gasteiger partial charge in [-0.2, -0.15) is 0 Å². The number of pyridine rings is 1. The number of ether oxygens (including phenoxy) is 1. The highest BCUT2D eigenvalue weighted by molar-refractivity contribution is 6.01. The van der Waals surface area contributed by atoms with Crippen LogP contribution in [0.5, 0.6) is 0 Å². The van der Waals surface area contributed by atoms with Crippen LogP contribution < -0.4 is 10.6 Å². The fourth-order valence-electron chi connectivity index (χ4n) is 2.89. The van der Waals surface area contributed by atoms with E-state index in [1.807, 2.05) is 6.07 Å². The predicted octanol–water partition coefficient (Wildman–Crippen LogP) is 2.98. The van der Waals surface area contributed by atoms with Gasteiger partial charge in [-0.1, -0.05) is 18.2 Å². The molecule has 2 aromatic heterocycles. The molecule has 0 aliphatic carbocycles. The number of benzene rings is 1. The number of furan rings is 1. The van der Waals surface area contributed by atoms with Crippen molar-refractivity contribution in [3.05, 3.63) is 71.7 Å². The zero-order valence-electron chi connectivity index (χ0n) is 13.9.